The Morgan fingerprint density at radius 1 is 1.65 bits per heavy atom. The normalized spacial score (nSPS) is 23.5. The van der Waals surface area contributed by atoms with E-state index in [2.05, 4.69) is 11.1 Å². The average molecular weight is 250 g/mol. The summed E-state index contributed by atoms with van der Waals surface area (Å²) in [5.74, 6) is 0.572. The molecule has 1 aliphatic rings. The highest BCUT2D eigenvalue weighted by molar-refractivity contribution is 6.29. The van der Waals surface area contributed by atoms with Gasteiger partial charge in [0.05, 0.1) is 17.6 Å². The van der Waals surface area contributed by atoms with E-state index in [0.717, 1.165) is 12.7 Å². The summed E-state index contributed by atoms with van der Waals surface area (Å²) in [6.45, 7) is 2.63. The van der Waals surface area contributed by atoms with Crippen LogP contribution in [0, 0.1) is 17.2 Å². The Kier molecular flexibility index (Phi) is 3.30. The lowest BCUT2D eigenvalue weighted by molar-refractivity contribution is 0.112. The molecule has 1 saturated heterocycles. The van der Waals surface area contributed by atoms with Gasteiger partial charge in [-0.2, -0.15) is 5.26 Å². The van der Waals surface area contributed by atoms with Gasteiger partial charge in [0, 0.05) is 12.6 Å². The molecule has 0 radical (unpaired) electrons. The van der Waals surface area contributed by atoms with Crippen LogP contribution in [0.5, 0.6) is 0 Å². The van der Waals surface area contributed by atoms with E-state index >= 15 is 0 Å². The highest BCUT2D eigenvalue weighted by Crippen LogP contribution is 2.30. The zero-order valence-corrected chi connectivity index (χ0v) is 10.2. The molecule has 0 amide bonds. The van der Waals surface area contributed by atoms with Crippen molar-refractivity contribution in [1.82, 2.24) is 4.98 Å². The Balaban J connectivity index is 2.37. The van der Waals surface area contributed by atoms with Crippen LogP contribution in [-0.2, 0) is 0 Å². The largest absolute Gasteiger partial charge is 0.352 e. The molecule has 88 valence electrons. The summed E-state index contributed by atoms with van der Waals surface area (Å²) in [6.07, 6.45) is 1.56. The van der Waals surface area contributed by atoms with Crippen LogP contribution in [0.4, 0.5) is 5.82 Å². The number of carbonyl (C=O) groups is 1. The molecule has 1 aromatic rings. The number of carbonyl (C=O) groups excluding carboxylic acids is 1. The molecule has 2 rings (SSSR count). The van der Waals surface area contributed by atoms with Crippen LogP contribution in [0.25, 0.3) is 0 Å². The minimum atomic E-state index is -0.00900. The molecule has 4 nitrogen and oxygen atoms in total. The van der Waals surface area contributed by atoms with Gasteiger partial charge < -0.3 is 4.90 Å². The Morgan fingerprint density at radius 3 is 3.00 bits per heavy atom. The van der Waals surface area contributed by atoms with Gasteiger partial charge in [0.2, 0.25) is 0 Å². The molecular formula is C12H12ClN3O. The molecule has 0 aliphatic carbocycles. The molecule has 2 heterocycles. The number of aromatic nitrogens is 1. The summed E-state index contributed by atoms with van der Waals surface area (Å²) in [5, 5.41) is 9.30. The molecule has 0 bridgehead atoms. The molecule has 0 aromatic carbocycles. The van der Waals surface area contributed by atoms with Crippen molar-refractivity contribution < 1.29 is 4.79 Å². The molecule has 1 aliphatic heterocycles. The van der Waals surface area contributed by atoms with Crippen molar-refractivity contribution in [2.75, 3.05) is 11.4 Å². The SMILES string of the molecule is C[C@H]1C[C@@H](C#N)CN1c1nc(Cl)ccc1C=O. The third kappa shape index (κ3) is 2.25. The van der Waals surface area contributed by atoms with Crippen molar-refractivity contribution in [2.45, 2.75) is 19.4 Å². The fourth-order valence-electron chi connectivity index (χ4n) is 2.18. The van der Waals surface area contributed by atoms with Crippen LogP contribution in [0.3, 0.4) is 0 Å². The summed E-state index contributed by atoms with van der Waals surface area (Å²) in [4.78, 5) is 17.1. The number of halogens is 1. The van der Waals surface area contributed by atoms with Gasteiger partial charge in [0.25, 0.3) is 0 Å². The average Bonchev–Trinajstić information content (AvgIpc) is 2.70. The van der Waals surface area contributed by atoms with Gasteiger partial charge in [-0.15, -0.1) is 0 Å². The van der Waals surface area contributed by atoms with E-state index < -0.39 is 0 Å². The standard InChI is InChI=1S/C12H12ClN3O/c1-8-4-9(5-14)6-16(8)12-10(7-17)2-3-11(13)15-12/h2-3,7-9H,4,6H2,1H3/t8-,9-/m0/s1. The maximum atomic E-state index is 11.0. The quantitative estimate of drug-likeness (QED) is 0.596. The fourth-order valence-corrected chi connectivity index (χ4v) is 2.32. The van der Waals surface area contributed by atoms with Gasteiger partial charge in [0.1, 0.15) is 11.0 Å². The van der Waals surface area contributed by atoms with E-state index in [1.807, 2.05) is 11.8 Å². The summed E-state index contributed by atoms with van der Waals surface area (Å²) in [7, 11) is 0. The number of aldehydes is 1. The molecule has 0 spiro atoms. The van der Waals surface area contributed by atoms with Crippen molar-refractivity contribution in [3.8, 4) is 6.07 Å². The Bertz CT molecular complexity index is 483. The fraction of sp³-hybridized carbons (Fsp3) is 0.417. The molecule has 0 saturated carbocycles. The van der Waals surface area contributed by atoms with Gasteiger partial charge >= 0.3 is 0 Å². The van der Waals surface area contributed by atoms with Gasteiger partial charge in [-0.3, -0.25) is 4.79 Å². The number of pyridine rings is 1. The molecule has 17 heavy (non-hydrogen) atoms. The van der Waals surface area contributed by atoms with Crippen LogP contribution >= 0.6 is 11.6 Å². The van der Waals surface area contributed by atoms with Crippen molar-refractivity contribution in [1.29, 1.82) is 5.26 Å². The zero-order valence-electron chi connectivity index (χ0n) is 9.43. The van der Waals surface area contributed by atoms with Crippen molar-refractivity contribution in [3.05, 3.63) is 22.8 Å². The van der Waals surface area contributed by atoms with Gasteiger partial charge in [0.15, 0.2) is 6.29 Å². The highest BCUT2D eigenvalue weighted by Gasteiger charge is 2.31. The highest BCUT2D eigenvalue weighted by atomic mass is 35.5. The molecule has 5 heteroatoms. The smallest absolute Gasteiger partial charge is 0.153 e. The lowest BCUT2D eigenvalue weighted by Crippen LogP contribution is -2.28. The minimum Gasteiger partial charge on any atom is -0.352 e. The maximum Gasteiger partial charge on any atom is 0.153 e. The maximum absolute atomic E-state index is 11.0. The summed E-state index contributed by atoms with van der Waals surface area (Å²) >= 11 is 5.85. The topological polar surface area (TPSA) is 57.0 Å². The Morgan fingerprint density at radius 2 is 2.41 bits per heavy atom. The molecule has 1 fully saturated rings. The van der Waals surface area contributed by atoms with Gasteiger partial charge in [-0.1, -0.05) is 11.6 Å². The number of hydrogen-bond acceptors (Lipinski definition) is 4. The third-order valence-corrected chi connectivity index (χ3v) is 3.24. The van der Waals surface area contributed by atoms with Crippen LogP contribution < -0.4 is 4.90 Å². The van der Waals surface area contributed by atoms with E-state index in [-0.39, 0.29) is 12.0 Å². The van der Waals surface area contributed by atoms with Gasteiger partial charge in [-0.25, -0.2) is 4.98 Å². The first-order valence-electron chi connectivity index (χ1n) is 5.43. The van der Waals surface area contributed by atoms with E-state index in [0.29, 0.717) is 23.1 Å². The van der Waals surface area contributed by atoms with Crippen molar-refractivity contribution in [2.24, 2.45) is 5.92 Å². The Hall–Kier alpha value is -1.60. The third-order valence-electron chi connectivity index (χ3n) is 3.03. The van der Waals surface area contributed by atoms with Crippen molar-refractivity contribution in [3.63, 3.8) is 0 Å². The minimum absolute atomic E-state index is 0.00900. The van der Waals surface area contributed by atoms with Crippen LogP contribution in [-0.4, -0.2) is 23.9 Å². The predicted octanol–water partition coefficient (Wildman–Crippen LogP) is 2.29. The summed E-state index contributed by atoms with van der Waals surface area (Å²) in [5.41, 5.74) is 0.514. The second kappa shape index (κ2) is 4.72. The number of rotatable bonds is 2. The Labute approximate surface area is 105 Å². The zero-order chi connectivity index (χ0) is 12.4. The van der Waals surface area contributed by atoms with E-state index in [1.165, 1.54) is 0 Å². The lowest BCUT2D eigenvalue weighted by Gasteiger charge is -2.23. The van der Waals surface area contributed by atoms with E-state index in [9.17, 15) is 4.79 Å². The molecule has 2 atom stereocenters. The van der Waals surface area contributed by atoms with Crippen LogP contribution in [0.15, 0.2) is 12.1 Å². The van der Waals surface area contributed by atoms with Crippen molar-refractivity contribution >= 4 is 23.7 Å². The number of anilines is 1. The van der Waals surface area contributed by atoms with Gasteiger partial charge in [-0.05, 0) is 25.5 Å². The second-order valence-electron chi connectivity index (χ2n) is 4.23. The lowest BCUT2D eigenvalue weighted by atomic mass is 10.1. The first-order chi connectivity index (χ1) is 8.15. The number of nitrogens with zero attached hydrogens (tertiary/aromatic N) is 3. The van der Waals surface area contributed by atoms with Crippen LogP contribution in [0.1, 0.15) is 23.7 Å². The number of hydrogen-bond donors (Lipinski definition) is 0. The molecule has 1 aromatic heterocycles. The second-order valence-corrected chi connectivity index (χ2v) is 4.62. The van der Waals surface area contributed by atoms with E-state index in [1.54, 1.807) is 12.1 Å². The predicted molar refractivity (Wildman–Crippen MR) is 65.2 cm³/mol. The molecule has 0 unspecified atom stereocenters. The molecule has 0 N–H and O–H groups in total. The molecular weight excluding hydrogens is 238 g/mol. The summed E-state index contributed by atoms with van der Waals surface area (Å²) < 4.78 is 0. The van der Waals surface area contributed by atoms with Crippen LogP contribution in [0.2, 0.25) is 5.15 Å². The monoisotopic (exact) mass is 249 g/mol. The first kappa shape index (κ1) is 11.9. The van der Waals surface area contributed by atoms with E-state index in [4.69, 9.17) is 16.9 Å². The first-order valence-corrected chi connectivity index (χ1v) is 5.81. The summed E-state index contributed by atoms with van der Waals surface area (Å²) in [6, 6.07) is 5.71. The number of nitriles is 1.